The van der Waals surface area contributed by atoms with Gasteiger partial charge in [-0.1, -0.05) is 24.3 Å². The Labute approximate surface area is 152 Å². The van der Waals surface area contributed by atoms with Crippen molar-refractivity contribution in [3.05, 3.63) is 70.3 Å². The van der Waals surface area contributed by atoms with Gasteiger partial charge >= 0.3 is 0 Å². The van der Waals surface area contributed by atoms with E-state index in [1.165, 1.54) is 30.3 Å². The van der Waals surface area contributed by atoms with E-state index >= 15 is 0 Å². The third-order valence-electron chi connectivity index (χ3n) is 3.84. The first-order chi connectivity index (χ1) is 12.7. The van der Waals surface area contributed by atoms with Gasteiger partial charge in [0.15, 0.2) is 0 Å². The number of carbonyl (C=O) groups is 1. The second kappa shape index (κ2) is 6.67. The van der Waals surface area contributed by atoms with Crippen molar-refractivity contribution in [2.45, 2.75) is 4.90 Å². The standard InChI is InChI=1S/C17H12N2O7S/c20-14-9-15(27(24,25)26)12-3-1-2-4-13(12)16(14)18-17(21)10-5-7-11(8-6-10)19(22)23/h1-9,20H,(H,18,21)(H,24,25,26). The topological polar surface area (TPSA) is 147 Å². The molecule has 9 nitrogen and oxygen atoms in total. The summed E-state index contributed by atoms with van der Waals surface area (Å²) in [7, 11) is -4.60. The molecule has 3 aromatic carbocycles. The molecule has 0 aliphatic carbocycles. The molecule has 0 spiro atoms. The van der Waals surface area contributed by atoms with E-state index < -0.39 is 31.6 Å². The summed E-state index contributed by atoms with van der Waals surface area (Å²) < 4.78 is 32.4. The number of nitro groups is 1. The molecule has 3 N–H and O–H groups in total. The van der Waals surface area contributed by atoms with Gasteiger partial charge < -0.3 is 10.4 Å². The fraction of sp³-hybridized carbons (Fsp3) is 0. The summed E-state index contributed by atoms with van der Waals surface area (Å²) in [5.41, 5.74) is -0.137. The van der Waals surface area contributed by atoms with E-state index in [-0.39, 0.29) is 27.7 Å². The lowest BCUT2D eigenvalue weighted by molar-refractivity contribution is -0.384. The van der Waals surface area contributed by atoms with Crippen LogP contribution in [0.5, 0.6) is 5.75 Å². The summed E-state index contributed by atoms with van der Waals surface area (Å²) >= 11 is 0. The molecule has 3 rings (SSSR count). The van der Waals surface area contributed by atoms with Crippen molar-refractivity contribution in [1.29, 1.82) is 0 Å². The lowest BCUT2D eigenvalue weighted by Crippen LogP contribution is -2.13. The number of benzene rings is 3. The van der Waals surface area contributed by atoms with E-state index in [0.717, 1.165) is 18.2 Å². The number of aromatic hydroxyl groups is 1. The quantitative estimate of drug-likeness (QED) is 0.269. The van der Waals surface area contributed by atoms with Crippen LogP contribution < -0.4 is 5.32 Å². The van der Waals surface area contributed by atoms with Crippen LogP contribution in [-0.2, 0) is 10.1 Å². The molecule has 0 unspecified atom stereocenters. The molecular formula is C17H12N2O7S. The Morgan fingerprint density at radius 3 is 2.19 bits per heavy atom. The molecule has 0 fully saturated rings. The molecule has 10 heteroatoms. The van der Waals surface area contributed by atoms with Crippen LogP contribution in [0, 0.1) is 10.1 Å². The van der Waals surface area contributed by atoms with E-state index in [1.54, 1.807) is 6.07 Å². The van der Waals surface area contributed by atoms with Gasteiger partial charge in [0.1, 0.15) is 10.6 Å². The second-order valence-electron chi connectivity index (χ2n) is 5.55. The number of nitrogens with zero attached hydrogens (tertiary/aromatic N) is 1. The number of hydrogen-bond acceptors (Lipinski definition) is 6. The largest absolute Gasteiger partial charge is 0.506 e. The molecule has 0 saturated heterocycles. The van der Waals surface area contributed by atoms with Crippen molar-refractivity contribution in [2.75, 3.05) is 5.32 Å². The molecule has 0 radical (unpaired) electrons. The third-order valence-corrected chi connectivity index (χ3v) is 4.74. The lowest BCUT2D eigenvalue weighted by Gasteiger charge is -2.13. The van der Waals surface area contributed by atoms with Gasteiger partial charge in [-0.3, -0.25) is 19.5 Å². The highest BCUT2D eigenvalue weighted by Crippen LogP contribution is 2.37. The minimum atomic E-state index is -4.60. The molecule has 1 amide bonds. The van der Waals surface area contributed by atoms with E-state index in [0.29, 0.717) is 0 Å². The first-order valence-corrected chi connectivity index (χ1v) is 8.90. The van der Waals surface area contributed by atoms with Gasteiger partial charge in [0.25, 0.3) is 21.7 Å². The summed E-state index contributed by atoms with van der Waals surface area (Å²) in [5, 5.41) is 23.6. The summed E-state index contributed by atoms with van der Waals surface area (Å²) in [6.07, 6.45) is 0. The number of nitrogens with one attached hydrogen (secondary N) is 1. The van der Waals surface area contributed by atoms with E-state index in [9.17, 15) is 33.0 Å². The number of nitro benzene ring substituents is 1. The van der Waals surface area contributed by atoms with Crippen molar-refractivity contribution < 1.29 is 27.8 Å². The van der Waals surface area contributed by atoms with Gasteiger partial charge in [-0.2, -0.15) is 8.42 Å². The zero-order valence-corrected chi connectivity index (χ0v) is 14.3. The zero-order valence-electron chi connectivity index (χ0n) is 13.5. The van der Waals surface area contributed by atoms with Crippen LogP contribution in [-0.4, -0.2) is 28.9 Å². The summed E-state index contributed by atoms with van der Waals surface area (Å²) in [4.78, 5) is 22.0. The minimum Gasteiger partial charge on any atom is -0.506 e. The maximum atomic E-state index is 12.4. The molecule has 0 aliphatic heterocycles. The van der Waals surface area contributed by atoms with Crippen LogP contribution in [0.25, 0.3) is 10.8 Å². The zero-order chi connectivity index (χ0) is 19.8. The number of carbonyl (C=O) groups excluding carboxylic acids is 1. The van der Waals surface area contributed by atoms with Crippen LogP contribution in [0.15, 0.2) is 59.5 Å². The average molecular weight is 388 g/mol. The highest BCUT2D eigenvalue weighted by molar-refractivity contribution is 7.86. The van der Waals surface area contributed by atoms with Gasteiger partial charge in [-0.15, -0.1) is 0 Å². The molecule has 0 aromatic heterocycles. The maximum Gasteiger partial charge on any atom is 0.295 e. The van der Waals surface area contributed by atoms with Crippen LogP contribution in [0.4, 0.5) is 11.4 Å². The number of hydrogen-bond donors (Lipinski definition) is 3. The van der Waals surface area contributed by atoms with Crippen molar-refractivity contribution in [1.82, 2.24) is 0 Å². The fourth-order valence-electron chi connectivity index (χ4n) is 2.59. The number of fused-ring (bicyclic) bond motifs is 1. The highest BCUT2D eigenvalue weighted by Gasteiger charge is 2.21. The number of phenols is 1. The molecule has 0 saturated carbocycles. The van der Waals surface area contributed by atoms with Crippen molar-refractivity contribution in [3.63, 3.8) is 0 Å². The van der Waals surface area contributed by atoms with Gasteiger partial charge in [0.2, 0.25) is 0 Å². The molecule has 0 bridgehead atoms. The molecule has 0 aliphatic rings. The third kappa shape index (κ3) is 3.57. The van der Waals surface area contributed by atoms with Crippen LogP contribution in [0.3, 0.4) is 0 Å². The van der Waals surface area contributed by atoms with E-state index in [2.05, 4.69) is 5.32 Å². The number of amides is 1. The van der Waals surface area contributed by atoms with Crippen LogP contribution in [0.1, 0.15) is 10.4 Å². The number of rotatable bonds is 4. The smallest absolute Gasteiger partial charge is 0.295 e. The Balaban J connectivity index is 2.06. The molecule has 138 valence electrons. The van der Waals surface area contributed by atoms with Crippen molar-refractivity contribution in [3.8, 4) is 5.75 Å². The van der Waals surface area contributed by atoms with E-state index in [1.807, 2.05) is 0 Å². The molecule has 0 atom stereocenters. The Kier molecular flexibility index (Phi) is 4.52. The summed E-state index contributed by atoms with van der Waals surface area (Å²) in [5.74, 6) is -1.22. The first-order valence-electron chi connectivity index (χ1n) is 7.46. The first kappa shape index (κ1) is 18.3. The SMILES string of the molecule is O=C(Nc1c(O)cc(S(=O)(=O)O)c2ccccc12)c1ccc([N+](=O)[O-])cc1. The number of non-ortho nitro benzene ring substituents is 1. The predicted molar refractivity (Wildman–Crippen MR) is 96.5 cm³/mol. The summed E-state index contributed by atoms with van der Waals surface area (Å²) in [6.45, 7) is 0. The van der Waals surface area contributed by atoms with Crippen LogP contribution in [0.2, 0.25) is 0 Å². The molecule has 0 heterocycles. The fourth-order valence-corrected chi connectivity index (χ4v) is 3.31. The van der Waals surface area contributed by atoms with Crippen molar-refractivity contribution >= 4 is 38.2 Å². The Hall–Kier alpha value is -3.50. The normalized spacial score (nSPS) is 11.3. The Bertz CT molecular complexity index is 1170. The highest BCUT2D eigenvalue weighted by atomic mass is 32.2. The van der Waals surface area contributed by atoms with Gasteiger partial charge in [-0.05, 0) is 12.1 Å². The monoisotopic (exact) mass is 388 g/mol. The lowest BCUT2D eigenvalue weighted by atomic mass is 10.1. The van der Waals surface area contributed by atoms with Crippen LogP contribution >= 0.6 is 0 Å². The molecule has 27 heavy (non-hydrogen) atoms. The average Bonchev–Trinajstić information content (AvgIpc) is 2.62. The van der Waals surface area contributed by atoms with Gasteiger partial charge in [0.05, 0.1) is 10.6 Å². The Morgan fingerprint density at radius 1 is 1.04 bits per heavy atom. The predicted octanol–water partition coefficient (Wildman–Crippen LogP) is 2.95. The molecule has 3 aromatic rings. The number of anilines is 1. The van der Waals surface area contributed by atoms with Gasteiger partial charge in [0, 0.05) is 34.5 Å². The second-order valence-corrected chi connectivity index (χ2v) is 6.94. The maximum absolute atomic E-state index is 12.4. The number of phenolic OH excluding ortho intramolecular Hbond substituents is 1. The van der Waals surface area contributed by atoms with Gasteiger partial charge in [-0.25, -0.2) is 0 Å². The summed E-state index contributed by atoms with van der Waals surface area (Å²) in [6, 6.07) is 11.6. The Morgan fingerprint density at radius 2 is 1.63 bits per heavy atom. The molecular weight excluding hydrogens is 376 g/mol. The van der Waals surface area contributed by atoms with E-state index in [4.69, 9.17) is 0 Å². The minimum absolute atomic E-state index is 0.0543. The van der Waals surface area contributed by atoms with Crippen molar-refractivity contribution in [2.24, 2.45) is 0 Å².